The SMILES string of the molecule is CC(c1cc2ccccc2s1)N1CC(N2CCNCC2)C1. The van der Waals surface area contributed by atoms with Crippen molar-refractivity contribution in [2.45, 2.75) is 19.0 Å². The standard InChI is InChI=1S/C17H23N3S/c1-13(17-10-14-4-2-3-5-16(14)21-17)20-11-15(12-20)19-8-6-18-7-9-19/h2-5,10,13,15,18H,6-9,11-12H2,1H3. The Hall–Kier alpha value is -0.940. The van der Waals surface area contributed by atoms with Gasteiger partial charge in [0.1, 0.15) is 0 Å². The molecule has 112 valence electrons. The summed E-state index contributed by atoms with van der Waals surface area (Å²) in [6.45, 7) is 9.57. The highest BCUT2D eigenvalue weighted by atomic mass is 32.1. The fourth-order valence-electron chi connectivity index (χ4n) is 3.47. The molecule has 0 bridgehead atoms. The smallest absolute Gasteiger partial charge is 0.0415 e. The molecule has 4 heteroatoms. The second kappa shape index (κ2) is 5.69. The van der Waals surface area contributed by atoms with Crippen molar-refractivity contribution < 1.29 is 0 Å². The number of benzene rings is 1. The minimum Gasteiger partial charge on any atom is -0.314 e. The molecule has 1 N–H and O–H groups in total. The van der Waals surface area contributed by atoms with E-state index in [0.717, 1.165) is 19.1 Å². The van der Waals surface area contributed by atoms with Crippen molar-refractivity contribution in [2.24, 2.45) is 0 Å². The van der Waals surface area contributed by atoms with Gasteiger partial charge in [0.05, 0.1) is 0 Å². The van der Waals surface area contributed by atoms with Crippen molar-refractivity contribution in [2.75, 3.05) is 39.3 Å². The van der Waals surface area contributed by atoms with Gasteiger partial charge in [-0.25, -0.2) is 0 Å². The van der Waals surface area contributed by atoms with Gasteiger partial charge in [-0.2, -0.15) is 0 Å². The van der Waals surface area contributed by atoms with Gasteiger partial charge in [0.25, 0.3) is 0 Å². The molecule has 3 heterocycles. The zero-order valence-corrected chi connectivity index (χ0v) is 13.4. The highest BCUT2D eigenvalue weighted by Crippen LogP contribution is 2.35. The van der Waals surface area contributed by atoms with Gasteiger partial charge in [-0.1, -0.05) is 18.2 Å². The van der Waals surface area contributed by atoms with Crippen LogP contribution in [0.1, 0.15) is 17.8 Å². The topological polar surface area (TPSA) is 18.5 Å². The Bertz CT molecular complexity index is 578. The van der Waals surface area contributed by atoms with E-state index in [0.29, 0.717) is 6.04 Å². The normalized spacial score (nSPS) is 23.3. The second-order valence-corrected chi connectivity index (χ2v) is 7.37. The van der Waals surface area contributed by atoms with Crippen LogP contribution in [0.5, 0.6) is 0 Å². The van der Waals surface area contributed by atoms with E-state index in [4.69, 9.17) is 0 Å². The summed E-state index contributed by atoms with van der Waals surface area (Å²) in [5, 5.41) is 4.83. The molecule has 0 spiro atoms. The highest BCUT2D eigenvalue weighted by Gasteiger charge is 2.35. The maximum absolute atomic E-state index is 3.44. The zero-order valence-electron chi connectivity index (χ0n) is 12.6. The zero-order chi connectivity index (χ0) is 14.2. The lowest BCUT2D eigenvalue weighted by Crippen LogP contribution is -2.62. The van der Waals surface area contributed by atoms with Crippen molar-refractivity contribution in [3.05, 3.63) is 35.2 Å². The van der Waals surface area contributed by atoms with Gasteiger partial charge in [0.15, 0.2) is 0 Å². The van der Waals surface area contributed by atoms with Gasteiger partial charge in [-0.05, 0) is 24.4 Å². The average molecular weight is 301 g/mol. The molecular weight excluding hydrogens is 278 g/mol. The molecule has 1 atom stereocenters. The summed E-state index contributed by atoms with van der Waals surface area (Å²) in [7, 11) is 0. The summed E-state index contributed by atoms with van der Waals surface area (Å²) in [6.07, 6.45) is 0. The number of hydrogen-bond donors (Lipinski definition) is 1. The molecule has 1 aromatic carbocycles. The molecular formula is C17H23N3S. The Morgan fingerprint density at radius 1 is 1.19 bits per heavy atom. The molecule has 2 aromatic rings. The number of likely N-dealkylation sites (tertiary alicyclic amines) is 1. The van der Waals surface area contributed by atoms with E-state index in [1.54, 1.807) is 0 Å². The van der Waals surface area contributed by atoms with Crippen LogP contribution in [-0.4, -0.2) is 55.1 Å². The number of nitrogens with one attached hydrogen (secondary N) is 1. The van der Waals surface area contributed by atoms with Crippen molar-refractivity contribution in [1.82, 2.24) is 15.1 Å². The maximum Gasteiger partial charge on any atom is 0.0415 e. The van der Waals surface area contributed by atoms with E-state index >= 15 is 0 Å². The van der Waals surface area contributed by atoms with Gasteiger partial charge in [-0.15, -0.1) is 11.3 Å². The first-order valence-electron chi connectivity index (χ1n) is 7.98. The van der Waals surface area contributed by atoms with Crippen LogP contribution in [0.25, 0.3) is 10.1 Å². The first-order chi connectivity index (χ1) is 10.3. The monoisotopic (exact) mass is 301 g/mol. The van der Waals surface area contributed by atoms with Crippen LogP contribution in [0.3, 0.4) is 0 Å². The molecule has 2 aliphatic rings. The van der Waals surface area contributed by atoms with Gasteiger partial charge in [0, 0.05) is 60.9 Å². The third-order valence-electron chi connectivity index (χ3n) is 4.96. The quantitative estimate of drug-likeness (QED) is 0.940. The Kier molecular flexibility index (Phi) is 3.71. The summed E-state index contributed by atoms with van der Waals surface area (Å²) < 4.78 is 1.42. The van der Waals surface area contributed by atoms with E-state index in [1.165, 1.54) is 41.1 Å². The van der Waals surface area contributed by atoms with E-state index in [2.05, 4.69) is 52.4 Å². The maximum atomic E-state index is 3.44. The van der Waals surface area contributed by atoms with Gasteiger partial charge < -0.3 is 5.32 Å². The van der Waals surface area contributed by atoms with Crippen molar-refractivity contribution >= 4 is 21.4 Å². The summed E-state index contributed by atoms with van der Waals surface area (Å²) in [6, 6.07) is 12.4. The van der Waals surface area contributed by atoms with E-state index in [9.17, 15) is 0 Å². The molecule has 0 amide bonds. The third-order valence-corrected chi connectivity index (χ3v) is 6.25. The number of piperazine rings is 1. The number of nitrogens with zero attached hydrogens (tertiary/aromatic N) is 2. The van der Waals surface area contributed by atoms with E-state index < -0.39 is 0 Å². The second-order valence-electron chi connectivity index (χ2n) is 6.26. The lowest BCUT2D eigenvalue weighted by Gasteiger charge is -2.49. The van der Waals surface area contributed by atoms with Crippen LogP contribution in [-0.2, 0) is 0 Å². The molecule has 2 fully saturated rings. The summed E-state index contributed by atoms with van der Waals surface area (Å²) in [5.41, 5.74) is 0. The van der Waals surface area contributed by atoms with E-state index in [-0.39, 0.29) is 0 Å². The Labute approximate surface area is 130 Å². The predicted molar refractivity (Wildman–Crippen MR) is 90.0 cm³/mol. The van der Waals surface area contributed by atoms with Gasteiger partial charge >= 0.3 is 0 Å². The Morgan fingerprint density at radius 2 is 1.95 bits per heavy atom. The predicted octanol–water partition coefficient (Wildman–Crippen LogP) is 2.55. The van der Waals surface area contributed by atoms with Gasteiger partial charge in [-0.3, -0.25) is 9.80 Å². The molecule has 2 saturated heterocycles. The summed E-state index contributed by atoms with van der Waals surface area (Å²) in [4.78, 5) is 6.79. The molecule has 3 nitrogen and oxygen atoms in total. The fraction of sp³-hybridized carbons (Fsp3) is 0.529. The minimum absolute atomic E-state index is 0.557. The largest absolute Gasteiger partial charge is 0.314 e. The summed E-state index contributed by atoms with van der Waals surface area (Å²) in [5.74, 6) is 0. The van der Waals surface area contributed by atoms with Crippen LogP contribution in [0, 0.1) is 0 Å². The number of hydrogen-bond acceptors (Lipinski definition) is 4. The van der Waals surface area contributed by atoms with Crippen LogP contribution in [0.2, 0.25) is 0 Å². The minimum atomic E-state index is 0.557. The number of thiophene rings is 1. The highest BCUT2D eigenvalue weighted by molar-refractivity contribution is 7.19. The Balaban J connectivity index is 1.41. The van der Waals surface area contributed by atoms with Crippen LogP contribution in [0.15, 0.2) is 30.3 Å². The van der Waals surface area contributed by atoms with Crippen LogP contribution >= 0.6 is 11.3 Å². The first-order valence-corrected chi connectivity index (χ1v) is 8.80. The molecule has 2 aliphatic heterocycles. The van der Waals surface area contributed by atoms with Crippen molar-refractivity contribution in [1.29, 1.82) is 0 Å². The third kappa shape index (κ3) is 2.61. The lowest BCUT2D eigenvalue weighted by atomic mass is 10.0. The van der Waals surface area contributed by atoms with Crippen molar-refractivity contribution in [3.63, 3.8) is 0 Å². The molecule has 1 aromatic heterocycles. The van der Waals surface area contributed by atoms with Crippen LogP contribution < -0.4 is 5.32 Å². The van der Waals surface area contributed by atoms with E-state index in [1.807, 2.05) is 11.3 Å². The molecule has 4 rings (SSSR count). The fourth-order valence-corrected chi connectivity index (χ4v) is 4.62. The molecule has 1 unspecified atom stereocenters. The number of rotatable bonds is 3. The Morgan fingerprint density at radius 3 is 2.71 bits per heavy atom. The number of fused-ring (bicyclic) bond motifs is 1. The average Bonchev–Trinajstić information content (AvgIpc) is 2.90. The summed E-state index contributed by atoms with van der Waals surface area (Å²) >= 11 is 1.95. The lowest BCUT2D eigenvalue weighted by molar-refractivity contribution is 0.00434. The van der Waals surface area contributed by atoms with Gasteiger partial charge in [0.2, 0.25) is 0 Å². The molecule has 21 heavy (non-hydrogen) atoms. The van der Waals surface area contributed by atoms with Crippen LogP contribution in [0.4, 0.5) is 0 Å². The molecule has 0 saturated carbocycles. The molecule has 0 aliphatic carbocycles. The molecule has 0 radical (unpaired) electrons. The first kappa shape index (κ1) is 13.7. The van der Waals surface area contributed by atoms with Crippen molar-refractivity contribution in [3.8, 4) is 0 Å².